The van der Waals surface area contributed by atoms with E-state index in [9.17, 15) is 4.79 Å². The molecule has 0 radical (unpaired) electrons. The number of ketones is 1. The fourth-order valence-corrected chi connectivity index (χ4v) is 3.32. The lowest BCUT2D eigenvalue weighted by molar-refractivity contribution is -0.127. The normalized spacial score (nSPS) is 45.7. The average molecular weight is 164 g/mol. The SMILES string of the molecule is O=C1CC2CCC1(CC1CC1)C2. The third-order valence-corrected chi connectivity index (χ3v) is 4.15. The zero-order valence-corrected chi connectivity index (χ0v) is 7.51. The monoisotopic (exact) mass is 164 g/mol. The molecule has 3 aliphatic rings. The van der Waals surface area contributed by atoms with Gasteiger partial charge < -0.3 is 0 Å². The van der Waals surface area contributed by atoms with E-state index in [1.165, 1.54) is 38.5 Å². The van der Waals surface area contributed by atoms with E-state index in [4.69, 9.17) is 0 Å². The molecule has 1 heteroatoms. The van der Waals surface area contributed by atoms with Gasteiger partial charge in [-0.1, -0.05) is 12.8 Å². The Hall–Kier alpha value is -0.330. The molecule has 0 aliphatic heterocycles. The smallest absolute Gasteiger partial charge is 0.139 e. The van der Waals surface area contributed by atoms with Gasteiger partial charge in [0.2, 0.25) is 0 Å². The van der Waals surface area contributed by atoms with Gasteiger partial charge in [-0.25, -0.2) is 0 Å². The summed E-state index contributed by atoms with van der Waals surface area (Å²) >= 11 is 0. The lowest BCUT2D eigenvalue weighted by Crippen LogP contribution is -2.25. The van der Waals surface area contributed by atoms with Gasteiger partial charge in [0.15, 0.2) is 0 Å². The van der Waals surface area contributed by atoms with E-state index in [-0.39, 0.29) is 5.41 Å². The number of carbonyl (C=O) groups is 1. The first-order chi connectivity index (χ1) is 5.78. The predicted molar refractivity (Wildman–Crippen MR) is 46.7 cm³/mol. The molecule has 2 atom stereocenters. The van der Waals surface area contributed by atoms with Crippen molar-refractivity contribution in [2.24, 2.45) is 17.3 Å². The number of fused-ring (bicyclic) bond motifs is 2. The van der Waals surface area contributed by atoms with Gasteiger partial charge in [0, 0.05) is 11.8 Å². The second-order valence-corrected chi connectivity index (χ2v) is 5.16. The molecule has 0 saturated heterocycles. The molecule has 0 amide bonds. The molecule has 0 spiro atoms. The molecule has 2 bridgehead atoms. The highest BCUT2D eigenvalue weighted by Crippen LogP contribution is 2.57. The fourth-order valence-electron chi connectivity index (χ4n) is 3.32. The van der Waals surface area contributed by atoms with Crippen molar-refractivity contribution in [2.75, 3.05) is 0 Å². The Balaban J connectivity index is 1.81. The highest BCUT2D eigenvalue weighted by atomic mass is 16.1. The summed E-state index contributed by atoms with van der Waals surface area (Å²) in [5.74, 6) is 2.34. The Labute approximate surface area is 73.5 Å². The van der Waals surface area contributed by atoms with Crippen LogP contribution in [0.3, 0.4) is 0 Å². The number of Topliss-reactive ketones (excluding diaryl/α,β-unsaturated/α-hetero) is 1. The predicted octanol–water partition coefficient (Wildman–Crippen LogP) is 2.55. The van der Waals surface area contributed by atoms with E-state index in [0.717, 1.165) is 18.3 Å². The van der Waals surface area contributed by atoms with Crippen LogP contribution in [0.15, 0.2) is 0 Å². The van der Waals surface area contributed by atoms with Crippen molar-refractivity contribution in [3.05, 3.63) is 0 Å². The summed E-state index contributed by atoms with van der Waals surface area (Å²) in [6.45, 7) is 0. The molecule has 0 aromatic rings. The van der Waals surface area contributed by atoms with Gasteiger partial charge in [0.1, 0.15) is 5.78 Å². The van der Waals surface area contributed by atoms with Crippen LogP contribution in [-0.4, -0.2) is 5.78 Å². The zero-order valence-electron chi connectivity index (χ0n) is 7.51. The minimum atomic E-state index is 0.214. The molecule has 66 valence electrons. The lowest BCUT2D eigenvalue weighted by Gasteiger charge is -2.24. The summed E-state index contributed by atoms with van der Waals surface area (Å²) in [6.07, 6.45) is 8.81. The van der Waals surface area contributed by atoms with Crippen LogP contribution in [-0.2, 0) is 4.79 Å². The molecule has 2 unspecified atom stereocenters. The lowest BCUT2D eigenvalue weighted by atomic mass is 9.78. The van der Waals surface area contributed by atoms with Crippen LogP contribution in [0.25, 0.3) is 0 Å². The van der Waals surface area contributed by atoms with Crippen LogP contribution in [0, 0.1) is 17.3 Å². The highest BCUT2D eigenvalue weighted by molar-refractivity contribution is 5.88. The molecular formula is C11H16O. The number of rotatable bonds is 2. The van der Waals surface area contributed by atoms with Gasteiger partial charge in [-0.15, -0.1) is 0 Å². The van der Waals surface area contributed by atoms with Gasteiger partial charge in [-0.3, -0.25) is 4.79 Å². The first kappa shape index (κ1) is 7.11. The maximum absolute atomic E-state index is 11.7. The van der Waals surface area contributed by atoms with E-state index in [2.05, 4.69) is 0 Å². The topological polar surface area (TPSA) is 17.1 Å². The fraction of sp³-hybridized carbons (Fsp3) is 0.909. The van der Waals surface area contributed by atoms with E-state index >= 15 is 0 Å². The third kappa shape index (κ3) is 0.884. The Bertz CT molecular complexity index is 229. The van der Waals surface area contributed by atoms with Crippen molar-refractivity contribution in [3.63, 3.8) is 0 Å². The molecule has 0 aromatic heterocycles. The van der Waals surface area contributed by atoms with Gasteiger partial charge in [0.25, 0.3) is 0 Å². The van der Waals surface area contributed by atoms with Gasteiger partial charge in [-0.05, 0) is 37.5 Å². The maximum Gasteiger partial charge on any atom is 0.139 e. The molecule has 0 N–H and O–H groups in total. The van der Waals surface area contributed by atoms with Gasteiger partial charge in [0.05, 0.1) is 0 Å². The second kappa shape index (κ2) is 2.12. The molecule has 3 rings (SSSR count). The van der Waals surface area contributed by atoms with Crippen molar-refractivity contribution in [3.8, 4) is 0 Å². The van der Waals surface area contributed by atoms with E-state index in [0.29, 0.717) is 5.78 Å². The van der Waals surface area contributed by atoms with Crippen molar-refractivity contribution in [2.45, 2.75) is 44.9 Å². The molecule has 12 heavy (non-hydrogen) atoms. The minimum absolute atomic E-state index is 0.214. The zero-order chi connectivity index (χ0) is 8.18. The Morgan fingerprint density at radius 1 is 1.33 bits per heavy atom. The summed E-state index contributed by atoms with van der Waals surface area (Å²) in [4.78, 5) is 11.7. The first-order valence-electron chi connectivity index (χ1n) is 5.32. The first-order valence-corrected chi connectivity index (χ1v) is 5.32. The number of hydrogen-bond acceptors (Lipinski definition) is 1. The van der Waals surface area contributed by atoms with E-state index < -0.39 is 0 Å². The summed E-state index contributed by atoms with van der Waals surface area (Å²) < 4.78 is 0. The Morgan fingerprint density at radius 3 is 2.67 bits per heavy atom. The standard InChI is InChI=1S/C11H16O/c12-10-5-9-3-4-11(10,7-9)6-8-1-2-8/h8-9H,1-7H2. The molecule has 3 saturated carbocycles. The second-order valence-electron chi connectivity index (χ2n) is 5.16. The molecule has 1 nitrogen and oxygen atoms in total. The minimum Gasteiger partial charge on any atom is -0.299 e. The Kier molecular flexibility index (Phi) is 1.26. The van der Waals surface area contributed by atoms with Crippen molar-refractivity contribution in [1.29, 1.82) is 0 Å². The molecule has 0 heterocycles. The summed E-state index contributed by atoms with van der Waals surface area (Å²) in [6, 6.07) is 0. The Morgan fingerprint density at radius 2 is 2.17 bits per heavy atom. The molecular weight excluding hydrogens is 148 g/mol. The van der Waals surface area contributed by atoms with Crippen LogP contribution in [0.5, 0.6) is 0 Å². The van der Waals surface area contributed by atoms with Crippen LogP contribution >= 0.6 is 0 Å². The van der Waals surface area contributed by atoms with E-state index in [1.807, 2.05) is 0 Å². The van der Waals surface area contributed by atoms with Gasteiger partial charge in [-0.2, -0.15) is 0 Å². The van der Waals surface area contributed by atoms with E-state index in [1.54, 1.807) is 0 Å². The van der Waals surface area contributed by atoms with Crippen LogP contribution in [0.2, 0.25) is 0 Å². The average Bonchev–Trinajstić information content (AvgIpc) is 2.65. The molecule has 0 aromatic carbocycles. The van der Waals surface area contributed by atoms with Crippen LogP contribution in [0.1, 0.15) is 44.9 Å². The summed E-state index contributed by atoms with van der Waals surface area (Å²) in [5, 5.41) is 0. The molecule has 3 fully saturated rings. The summed E-state index contributed by atoms with van der Waals surface area (Å²) in [7, 11) is 0. The number of carbonyl (C=O) groups excluding carboxylic acids is 1. The van der Waals surface area contributed by atoms with Crippen LogP contribution < -0.4 is 0 Å². The summed E-state index contributed by atoms with van der Waals surface area (Å²) in [5.41, 5.74) is 0.214. The largest absolute Gasteiger partial charge is 0.299 e. The maximum atomic E-state index is 11.7. The highest BCUT2D eigenvalue weighted by Gasteiger charge is 2.52. The molecule has 3 aliphatic carbocycles. The van der Waals surface area contributed by atoms with Crippen LogP contribution in [0.4, 0.5) is 0 Å². The number of hydrogen-bond donors (Lipinski definition) is 0. The quantitative estimate of drug-likeness (QED) is 0.613. The van der Waals surface area contributed by atoms with Gasteiger partial charge >= 0.3 is 0 Å². The van der Waals surface area contributed by atoms with Crippen molar-refractivity contribution < 1.29 is 4.79 Å². The third-order valence-electron chi connectivity index (χ3n) is 4.15. The van der Waals surface area contributed by atoms with Crippen molar-refractivity contribution >= 4 is 5.78 Å². The van der Waals surface area contributed by atoms with Crippen molar-refractivity contribution in [1.82, 2.24) is 0 Å².